The Balaban J connectivity index is 1.38. The minimum absolute atomic E-state index is 0.0569. The van der Waals surface area contributed by atoms with Gasteiger partial charge in [0.25, 0.3) is 0 Å². The molecular weight excluding hydrogens is 379 g/mol. The number of aromatic nitrogens is 1. The van der Waals surface area contributed by atoms with Crippen molar-refractivity contribution in [1.29, 1.82) is 0 Å². The van der Waals surface area contributed by atoms with Crippen LogP contribution in [-0.2, 0) is 11.2 Å². The van der Waals surface area contributed by atoms with E-state index in [9.17, 15) is 9.18 Å². The topological polar surface area (TPSA) is 48.5 Å². The van der Waals surface area contributed by atoms with Crippen molar-refractivity contribution in [3.8, 4) is 0 Å². The lowest BCUT2D eigenvalue weighted by Crippen LogP contribution is -2.47. The molecule has 1 saturated heterocycles. The fourth-order valence-corrected chi connectivity index (χ4v) is 4.05. The molecule has 1 aliphatic heterocycles. The van der Waals surface area contributed by atoms with Gasteiger partial charge in [0.1, 0.15) is 5.82 Å². The van der Waals surface area contributed by atoms with Crippen LogP contribution >= 0.6 is 0 Å². The zero-order valence-corrected chi connectivity index (χ0v) is 17.5. The van der Waals surface area contributed by atoms with Crippen molar-refractivity contribution in [3.63, 3.8) is 0 Å². The quantitative estimate of drug-likeness (QED) is 0.696. The van der Waals surface area contributed by atoms with Gasteiger partial charge in [-0.2, -0.15) is 0 Å². The van der Waals surface area contributed by atoms with Gasteiger partial charge in [0.2, 0.25) is 5.91 Å². The van der Waals surface area contributed by atoms with Gasteiger partial charge in [-0.25, -0.2) is 4.39 Å². The van der Waals surface area contributed by atoms with Crippen LogP contribution < -0.4 is 10.2 Å². The second-order valence-electron chi connectivity index (χ2n) is 7.90. The summed E-state index contributed by atoms with van der Waals surface area (Å²) in [4.78, 5) is 20.4. The van der Waals surface area contributed by atoms with E-state index in [1.165, 1.54) is 18.6 Å². The molecule has 1 N–H and O–H groups in total. The van der Waals surface area contributed by atoms with E-state index in [0.717, 1.165) is 61.6 Å². The number of aryl methyl sites for hydroxylation is 1. The fraction of sp³-hybridized carbons (Fsp3) is 0.333. The van der Waals surface area contributed by atoms with E-state index in [2.05, 4.69) is 26.2 Å². The number of hydrogen-bond acceptors (Lipinski definition) is 4. The summed E-state index contributed by atoms with van der Waals surface area (Å²) >= 11 is 0. The van der Waals surface area contributed by atoms with Gasteiger partial charge in [-0.3, -0.25) is 14.7 Å². The molecular formula is C24H27FN4O. The first-order chi connectivity index (χ1) is 14.5. The van der Waals surface area contributed by atoms with Crippen molar-refractivity contribution in [2.75, 3.05) is 42.9 Å². The summed E-state index contributed by atoms with van der Waals surface area (Å²) in [6, 6.07) is 15.2. The number of amides is 1. The van der Waals surface area contributed by atoms with Crippen molar-refractivity contribution in [2.24, 2.45) is 0 Å². The lowest BCUT2D eigenvalue weighted by Gasteiger charge is -2.36. The molecule has 156 valence electrons. The first-order valence-corrected chi connectivity index (χ1v) is 10.4. The molecule has 30 heavy (non-hydrogen) atoms. The Kier molecular flexibility index (Phi) is 5.95. The first kappa shape index (κ1) is 20.3. The number of piperazine rings is 1. The zero-order chi connectivity index (χ0) is 21.1. The number of fused-ring (bicyclic) bond motifs is 1. The second-order valence-corrected chi connectivity index (χ2v) is 7.90. The van der Waals surface area contributed by atoms with Crippen LogP contribution in [0.4, 0.5) is 15.8 Å². The maximum Gasteiger partial charge on any atom is 0.221 e. The van der Waals surface area contributed by atoms with Gasteiger partial charge in [0, 0.05) is 68.2 Å². The average Bonchev–Trinajstić information content (AvgIpc) is 2.71. The first-order valence-electron chi connectivity index (χ1n) is 10.4. The molecule has 2 heterocycles. The van der Waals surface area contributed by atoms with Gasteiger partial charge in [0.15, 0.2) is 0 Å². The van der Waals surface area contributed by atoms with E-state index in [-0.39, 0.29) is 11.7 Å². The molecule has 0 radical (unpaired) electrons. The number of benzene rings is 2. The van der Waals surface area contributed by atoms with Gasteiger partial charge in [-0.15, -0.1) is 0 Å². The predicted octanol–water partition coefficient (Wildman–Crippen LogP) is 4.01. The third-order valence-corrected chi connectivity index (χ3v) is 5.57. The van der Waals surface area contributed by atoms with E-state index in [1.54, 1.807) is 6.07 Å². The Bertz CT molecular complexity index is 1060. The highest BCUT2D eigenvalue weighted by Gasteiger charge is 2.19. The van der Waals surface area contributed by atoms with E-state index in [0.29, 0.717) is 5.52 Å². The van der Waals surface area contributed by atoms with Crippen LogP contribution in [-0.4, -0.2) is 48.5 Å². The summed E-state index contributed by atoms with van der Waals surface area (Å²) in [5, 5.41) is 3.84. The normalized spacial score (nSPS) is 14.8. The molecule has 5 nitrogen and oxygen atoms in total. The Hall–Kier alpha value is -2.99. The summed E-state index contributed by atoms with van der Waals surface area (Å²) < 4.78 is 14.2. The van der Waals surface area contributed by atoms with Crippen molar-refractivity contribution < 1.29 is 9.18 Å². The summed E-state index contributed by atoms with van der Waals surface area (Å²) in [7, 11) is 0. The monoisotopic (exact) mass is 406 g/mol. The molecule has 0 spiro atoms. The van der Waals surface area contributed by atoms with Crippen LogP contribution in [0.2, 0.25) is 0 Å². The molecule has 1 aliphatic rings. The molecule has 1 aromatic heterocycles. The Morgan fingerprint density at radius 1 is 1.10 bits per heavy atom. The lowest BCUT2D eigenvalue weighted by molar-refractivity contribution is -0.114. The van der Waals surface area contributed by atoms with Crippen LogP contribution in [0.1, 0.15) is 18.2 Å². The van der Waals surface area contributed by atoms with Crippen molar-refractivity contribution >= 4 is 28.2 Å². The SMILES string of the molecule is CC(=O)Nc1cccc(CCN2CCN(c3cc(F)cc4nc(C)ccc34)CC2)c1. The number of pyridine rings is 1. The number of hydrogen-bond donors (Lipinski definition) is 1. The van der Waals surface area contributed by atoms with E-state index in [1.807, 2.05) is 37.3 Å². The van der Waals surface area contributed by atoms with E-state index >= 15 is 0 Å². The van der Waals surface area contributed by atoms with Gasteiger partial charge < -0.3 is 10.2 Å². The number of rotatable bonds is 5. The van der Waals surface area contributed by atoms with Crippen LogP contribution in [0.15, 0.2) is 48.5 Å². The highest BCUT2D eigenvalue weighted by molar-refractivity contribution is 5.92. The number of halogens is 1. The summed E-state index contributed by atoms with van der Waals surface area (Å²) in [6.07, 6.45) is 0.930. The van der Waals surface area contributed by atoms with Crippen molar-refractivity contribution in [1.82, 2.24) is 9.88 Å². The lowest BCUT2D eigenvalue weighted by atomic mass is 10.1. The number of nitrogens with zero attached hydrogens (tertiary/aromatic N) is 3. The van der Waals surface area contributed by atoms with Gasteiger partial charge >= 0.3 is 0 Å². The molecule has 1 amide bonds. The largest absolute Gasteiger partial charge is 0.368 e. The van der Waals surface area contributed by atoms with Crippen molar-refractivity contribution in [2.45, 2.75) is 20.3 Å². The van der Waals surface area contributed by atoms with Crippen LogP contribution in [0.3, 0.4) is 0 Å². The average molecular weight is 407 g/mol. The van der Waals surface area contributed by atoms with Crippen molar-refractivity contribution in [3.05, 3.63) is 65.6 Å². The molecule has 2 aromatic carbocycles. The molecule has 0 saturated carbocycles. The molecule has 1 fully saturated rings. The number of carbonyl (C=O) groups is 1. The summed E-state index contributed by atoms with van der Waals surface area (Å²) in [6.45, 7) is 7.99. The number of nitrogens with one attached hydrogen (secondary N) is 1. The van der Waals surface area contributed by atoms with E-state index in [4.69, 9.17) is 0 Å². The zero-order valence-electron chi connectivity index (χ0n) is 17.5. The van der Waals surface area contributed by atoms with E-state index < -0.39 is 0 Å². The minimum atomic E-state index is -0.239. The standard InChI is InChI=1S/C24H27FN4O/c1-17-6-7-22-23(26-17)15-20(25)16-24(22)29-12-10-28(11-13-29)9-8-19-4-3-5-21(14-19)27-18(2)30/h3-7,14-16H,8-13H2,1-2H3,(H,27,30). The highest BCUT2D eigenvalue weighted by atomic mass is 19.1. The Morgan fingerprint density at radius 3 is 2.67 bits per heavy atom. The summed E-state index contributed by atoms with van der Waals surface area (Å²) in [5.41, 5.74) is 4.59. The smallest absolute Gasteiger partial charge is 0.221 e. The number of carbonyl (C=O) groups excluding carboxylic acids is 1. The molecule has 3 aromatic rings. The maximum absolute atomic E-state index is 14.2. The molecule has 0 unspecified atom stereocenters. The molecule has 6 heteroatoms. The molecule has 0 bridgehead atoms. The van der Waals surface area contributed by atoms with Crippen LogP contribution in [0.25, 0.3) is 10.9 Å². The second kappa shape index (κ2) is 8.79. The Labute approximate surface area is 176 Å². The van der Waals surface area contributed by atoms with Gasteiger partial charge in [0.05, 0.1) is 5.52 Å². The third kappa shape index (κ3) is 4.76. The molecule has 4 rings (SSSR count). The van der Waals surface area contributed by atoms with Crippen LogP contribution in [0.5, 0.6) is 0 Å². The predicted molar refractivity (Wildman–Crippen MR) is 120 cm³/mol. The highest BCUT2D eigenvalue weighted by Crippen LogP contribution is 2.28. The third-order valence-electron chi connectivity index (χ3n) is 5.57. The van der Waals surface area contributed by atoms with Gasteiger partial charge in [-0.1, -0.05) is 12.1 Å². The molecule has 0 aliphatic carbocycles. The minimum Gasteiger partial charge on any atom is -0.368 e. The van der Waals surface area contributed by atoms with Crippen LogP contribution in [0, 0.1) is 12.7 Å². The Morgan fingerprint density at radius 2 is 1.90 bits per heavy atom. The maximum atomic E-state index is 14.2. The fourth-order valence-electron chi connectivity index (χ4n) is 4.05. The van der Waals surface area contributed by atoms with Gasteiger partial charge in [-0.05, 0) is 49.2 Å². The summed E-state index contributed by atoms with van der Waals surface area (Å²) in [5.74, 6) is -0.296. The molecule has 0 atom stereocenters. The number of anilines is 2.